The van der Waals surface area contributed by atoms with E-state index >= 15 is 0 Å². The second-order valence-electron chi connectivity index (χ2n) is 5.10. The first kappa shape index (κ1) is 19.9. The molecule has 1 heterocycles. The quantitative estimate of drug-likeness (QED) is 0.564. The van der Waals surface area contributed by atoms with Crippen molar-refractivity contribution in [3.05, 3.63) is 63.2 Å². The zero-order valence-electron chi connectivity index (χ0n) is 13.6. The number of hydrogen-bond acceptors (Lipinski definition) is 4. The van der Waals surface area contributed by atoms with Crippen LogP contribution in [0.3, 0.4) is 0 Å². The molecule has 4 nitrogen and oxygen atoms in total. The molecule has 0 amide bonds. The van der Waals surface area contributed by atoms with Gasteiger partial charge >= 0.3 is 0 Å². The second-order valence-corrected chi connectivity index (χ2v) is 6.85. The zero-order valence-corrected chi connectivity index (χ0v) is 17.7. The van der Waals surface area contributed by atoms with Crippen LogP contribution in [0.15, 0.2) is 63.4 Å². The van der Waals surface area contributed by atoms with Crippen LogP contribution < -0.4 is 9.54 Å². The molecule has 3 aromatic rings. The molecule has 0 saturated carbocycles. The average Bonchev–Trinajstić information content (AvgIpc) is 3.00. The third-order valence-corrected chi connectivity index (χ3v) is 4.95. The molecule has 1 aromatic heterocycles. The number of rotatable bonds is 5. The fourth-order valence-electron chi connectivity index (χ4n) is 2.35. The Labute approximate surface area is 169 Å². The zero-order chi connectivity index (χ0) is 16.9. The number of aromatic nitrogens is 1. The van der Waals surface area contributed by atoms with Gasteiger partial charge in [-0.3, -0.25) is 0 Å². The molecule has 0 aliphatic carbocycles. The summed E-state index contributed by atoms with van der Waals surface area (Å²) in [6, 6.07) is 15.7. The highest BCUT2D eigenvalue weighted by atomic mass is 79.9. The standard InChI is InChI=1S/C18H17BrN2O2S.BrH/c1-23-16-8-2-13(3-9-16)17-12-24-18(21(17)10-11-22)20-15-6-4-14(19)5-7-15;/h2-9,12,22H,10-11H2,1H3;1H. The van der Waals surface area contributed by atoms with Gasteiger partial charge < -0.3 is 14.4 Å². The Morgan fingerprint density at radius 3 is 2.40 bits per heavy atom. The van der Waals surface area contributed by atoms with Crippen molar-refractivity contribution in [3.63, 3.8) is 0 Å². The van der Waals surface area contributed by atoms with Crippen molar-refractivity contribution in [2.45, 2.75) is 6.54 Å². The molecule has 25 heavy (non-hydrogen) atoms. The van der Waals surface area contributed by atoms with Gasteiger partial charge in [-0.05, 0) is 54.1 Å². The lowest BCUT2D eigenvalue weighted by Crippen LogP contribution is -2.17. The number of nitrogens with zero attached hydrogens (tertiary/aromatic N) is 2. The molecule has 2 aromatic carbocycles. The van der Waals surface area contributed by atoms with Gasteiger partial charge in [0.05, 0.1) is 25.1 Å². The first-order valence-electron chi connectivity index (χ1n) is 7.45. The molecule has 7 heteroatoms. The van der Waals surface area contributed by atoms with E-state index in [9.17, 15) is 5.11 Å². The predicted molar refractivity (Wildman–Crippen MR) is 111 cm³/mol. The van der Waals surface area contributed by atoms with Gasteiger partial charge in [-0.15, -0.1) is 28.3 Å². The summed E-state index contributed by atoms with van der Waals surface area (Å²) in [5.41, 5.74) is 2.98. The lowest BCUT2D eigenvalue weighted by Gasteiger charge is -2.08. The molecule has 0 saturated heterocycles. The maximum atomic E-state index is 9.43. The maximum absolute atomic E-state index is 9.43. The van der Waals surface area contributed by atoms with Gasteiger partial charge in [-0.1, -0.05) is 15.9 Å². The summed E-state index contributed by atoms with van der Waals surface area (Å²) in [6.07, 6.45) is 0. The summed E-state index contributed by atoms with van der Waals surface area (Å²) < 4.78 is 8.27. The molecule has 132 valence electrons. The van der Waals surface area contributed by atoms with Crippen molar-refractivity contribution >= 4 is 49.9 Å². The molecule has 0 aliphatic heterocycles. The third-order valence-electron chi connectivity index (χ3n) is 3.56. The van der Waals surface area contributed by atoms with Crippen LogP contribution >= 0.6 is 44.2 Å². The molecule has 0 radical (unpaired) electrons. The lowest BCUT2D eigenvalue weighted by atomic mass is 10.1. The summed E-state index contributed by atoms with van der Waals surface area (Å²) in [5.74, 6) is 0.822. The van der Waals surface area contributed by atoms with E-state index in [0.717, 1.165) is 32.0 Å². The molecular weight excluding hydrogens is 468 g/mol. The van der Waals surface area contributed by atoms with E-state index in [0.29, 0.717) is 6.54 Å². The fraction of sp³-hybridized carbons (Fsp3) is 0.167. The Bertz CT molecular complexity index is 871. The molecule has 0 spiro atoms. The van der Waals surface area contributed by atoms with Crippen LogP contribution in [0.4, 0.5) is 5.69 Å². The summed E-state index contributed by atoms with van der Waals surface area (Å²) in [6.45, 7) is 0.563. The molecule has 3 rings (SSSR count). The van der Waals surface area contributed by atoms with Gasteiger partial charge in [0.25, 0.3) is 0 Å². The molecule has 0 atom stereocenters. The van der Waals surface area contributed by atoms with E-state index in [-0.39, 0.29) is 23.6 Å². The van der Waals surface area contributed by atoms with Crippen molar-refractivity contribution in [2.24, 2.45) is 4.99 Å². The fourth-order valence-corrected chi connectivity index (χ4v) is 3.57. The number of hydrogen-bond donors (Lipinski definition) is 1. The van der Waals surface area contributed by atoms with Crippen LogP contribution in [0.2, 0.25) is 0 Å². The Hall–Kier alpha value is -1.41. The Balaban J connectivity index is 0.00000225. The van der Waals surface area contributed by atoms with E-state index in [1.165, 1.54) is 0 Å². The SMILES string of the molecule is Br.COc1ccc(-c2csc(=Nc3ccc(Br)cc3)n2CCO)cc1. The van der Waals surface area contributed by atoms with Crippen LogP contribution in [0.5, 0.6) is 5.75 Å². The van der Waals surface area contributed by atoms with Crippen LogP contribution in [-0.2, 0) is 6.54 Å². The summed E-state index contributed by atoms with van der Waals surface area (Å²) in [5, 5.41) is 11.5. The van der Waals surface area contributed by atoms with Gasteiger partial charge in [0, 0.05) is 16.4 Å². The minimum absolute atomic E-state index is 0. The van der Waals surface area contributed by atoms with Crippen molar-refractivity contribution in [1.82, 2.24) is 4.57 Å². The number of halogens is 2. The maximum Gasteiger partial charge on any atom is 0.190 e. The van der Waals surface area contributed by atoms with Crippen molar-refractivity contribution in [1.29, 1.82) is 0 Å². The van der Waals surface area contributed by atoms with Crippen molar-refractivity contribution in [3.8, 4) is 17.0 Å². The Morgan fingerprint density at radius 1 is 1.12 bits per heavy atom. The van der Waals surface area contributed by atoms with Gasteiger partial charge in [-0.2, -0.15) is 0 Å². The number of benzene rings is 2. The van der Waals surface area contributed by atoms with E-state index in [4.69, 9.17) is 9.73 Å². The highest BCUT2D eigenvalue weighted by molar-refractivity contribution is 9.10. The Kier molecular flexibility index (Phi) is 7.43. The first-order chi connectivity index (χ1) is 11.7. The molecule has 0 fully saturated rings. The third kappa shape index (κ3) is 4.82. The van der Waals surface area contributed by atoms with Crippen molar-refractivity contribution in [2.75, 3.05) is 13.7 Å². The number of thiazole rings is 1. The number of aliphatic hydroxyl groups excluding tert-OH is 1. The van der Waals surface area contributed by atoms with E-state index in [1.807, 2.05) is 53.1 Å². The molecular formula is C18H18Br2N2O2S. The molecule has 1 N–H and O–H groups in total. The van der Waals surface area contributed by atoms with Crippen LogP contribution in [0, 0.1) is 0 Å². The first-order valence-corrected chi connectivity index (χ1v) is 9.12. The normalized spacial score (nSPS) is 11.2. The summed E-state index contributed by atoms with van der Waals surface area (Å²) in [4.78, 5) is 5.56. The van der Waals surface area contributed by atoms with Gasteiger partial charge in [0.1, 0.15) is 5.75 Å². The van der Waals surface area contributed by atoms with E-state index in [2.05, 4.69) is 21.3 Å². The Morgan fingerprint density at radius 2 is 1.80 bits per heavy atom. The van der Waals surface area contributed by atoms with E-state index < -0.39 is 0 Å². The van der Waals surface area contributed by atoms with Gasteiger partial charge in [0.2, 0.25) is 0 Å². The molecule has 0 bridgehead atoms. The van der Waals surface area contributed by atoms with E-state index in [1.54, 1.807) is 18.4 Å². The number of ether oxygens (including phenoxy) is 1. The van der Waals surface area contributed by atoms with Gasteiger partial charge in [0.15, 0.2) is 4.80 Å². The van der Waals surface area contributed by atoms with Crippen molar-refractivity contribution < 1.29 is 9.84 Å². The number of methoxy groups -OCH3 is 1. The molecule has 0 aliphatic rings. The van der Waals surface area contributed by atoms with Gasteiger partial charge in [-0.25, -0.2) is 4.99 Å². The minimum atomic E-state index is 0. The van der Waals surface area contributed by atoms with Crippen LogP contribution in [-0.4, -0.2) is 23.4 Å². The second kappa shape index (κ2) is 9.33. The highest BCUT2D eigenvalue weighted by Crippen LogP contribution is 2.23. The predicted octanol–water partition coefficient (Wildman–Crippen LogP) is 4.79. The number of aliphatic hydroxyl groups is 1. The molecule has 0 unspecified atom stereocenters. The smallest absolute Gasteiger partial charge is 0.190 e. The monoisotopic (exact) mass is 484 g/mol. The average molecular weight is 486 g/mol. The largest absolute Gasteiger partial charge is 0.497 e. The summed E-state index contributed by atoms with van der Waals surface area (Å²) >= 11 is 4.99. The van der Waals surface area contributed by atoms with Crippen LogP contribution in [0.1, 0.15) is 0 Å². The van der Waals surface area contributed by atoms with Crippen LogP contribution in [0.25, 0.3) is 11.3 Å². The lowest BCUT2D eigenvalue weighted by molar-refractivity contribution is 0.275. The highest BCUT2D eigenvalue weighted by Gasteiger charge is 2.08. The minimum Gasteiger partial charge on any atom is -0.497 e. The topological polar surface area (TPSA) is 46.8 Å². The summed E-state index contributed by atoms with van der Waals surface area (Å²) in [7, 11) is 1.65.